The van der Waals surface area contributed by atoms with Crippen LogP contribution in [0, 0.1) is 17.8 Å². The van der Waals surface area contributed by atoms with Gasteiger partial charge in [-0.05, 0) is 99.3 Å². The van der Waals surface area contributed by atoms with Gasteiger partial charge in [0.05, 0.1) is 22.5 Å². The van der Waals surface area contributed by atoms with Crippen LogP contribution in [0.2, 0.25) is 0 Å². The molecule has 64 heavy (non-hydrogen) atoms. The van der Waals surface area contributed by atoms with Crippen molar-refractivity contribution < 1.29 is 29.1 Å². The van der Waals surface area contributed by atoms with Crippen LogP contribution in [0.4, 0.5) is 22.9 Å². The average molecular weight is 865 g/mol. The van der Waals surface area contributed by atoms with E-state index in [9.17, 15) is 29.1 Å². The number of nitrogens with two attached hydrogens (primary N) is 1. The van der Waals surface area contributed by atoms with Crippen LogP contribution in [0.5, 0.6) is 5.75 Å². The Morgan fingerprint density at radius 3 is 2.19 bits per heavy atom. The fourth-order valence-electron chi connectivity index (χ4n) is 11.7. The molecule has 7 aliphatic rings. The molecule has 1 aromatic heterocycles. The summed E-state index contributed by atoms with van der Waals surface area (Å²) < 4.78 is 0. The molecule has 3 unspecified atom stereocenters. The summed E-state index contributed by atoms with van der Waals surface area (Å²) in [6, 6.07) is 23.0. The van der Waals surface area contributed by atoms with Gasteiger partial charge in [0, 0.05) is 99.0 Å². The number of benzene rings is 3. The van der Waals surface area contributed by atoms with E-state index in [1.54, 1.807) is 24.3 Å². The van der Waals surface area contributed by atoms with E-state index >= 15 is 0 Å². The van der Waals surface area contributed by atoms with E-state index in [2.05, 4.69) is 64.3 Å². The third-order valence-electron chi connectivity index (χ3n) is 14.9. The van der Waals surface area contributed by atoms with Gasteiger partial charge in [-0.1, -0.05) is 24.3 Å². The number of hydrogen-bond donors (Lipinski definition) is 3. The van der Waals surface area contributed by atoms with E-state index < -0.39 is 29.7 Å². The number of piperazine rings is 1. The maximum absolute atomic E-state index is 13.9. The Hall–Kier alpha value is -6.55. The van der Waals surface area contributed by atoms with Crippen molar-refractivity contribution in [1.29, 1.82) is 0 Å². The molecule has 16 nitrogen and oxygen atoms in total. The van der Waals surface area contributed by atoms with E-state index in [1.807, 2.05) is 24.3 Å². The Labute approximate surface area is 371 Å². The molecule has 4 aromatic rings. The summed E-state index contributed by atoms with van der Waals surface area (Å²) in [5, 5.41) is 21.3. The lowest BCUT2D eigenvalue weighted by atomic mass is 9.95. The van der Waals surface area contributed by atoms with Gasteiger partial charge in [0.1, 0.15) is 11.8 Å². The zero-order valence-electron chi connectivity index (χ0n) is 35.6. The van der Waals surface area contributed by atoms with Gasteiger partial charge >= 0.3 is 0 Å². The number of carbonyl (C=O) groups excluding carboxylic acids is 5. The highest BCUT2D eigenvalue weighted by Gasteiger charge is 2.47. The van der Waals surface area contributed by atoms with Gasteiger partial charge in [-0.25, -0.2) is 0 Å². The number of para-hydroxylation sites is 1. The van der Waals surface area contributed by atoms with Crippen molar-refractivity contribution in [2.75, 3.05) is 72.8 Å². The molecule has 3 aromatic carbocycles. The maximum Gasteiger partial charge on any atom is 0.262 e. The molecule has 5 amide bonds. The number of phenolic OH excluding ortho intramolecular Hbond substituents is 1. The molecule has 8 heterocycles. The molecule has 5 atom stereocenters. The highest BCUT2D eigenvalue weighted by Crippen LogP contribution is 2.41. The molecule has 6 saturated heterocycles. The van der Waals surface area contributed by atoms with Gasteiger partial charge in [-0.3, -0.25) is 39.1 Å². The first-order valence-electron chi connectivity index (χ1n) is 22.7. The molecule has 0 aliphatic carbocycles. The van der Waals surface area contributed by atoms with Gasteiger partial charge in [-0.2, -0.15) is 0 Å². The predicted molar refractivity (Wildman–Crippen MR) is 238 cm³/mol. The monoisotopic (exact) mass is 864 g/mol. The summed E-state index contributed by atoms with van der Waals surface area (Å²) in [6.07, 6.45) is 4.10. The van der Waals surface area contributed by atoms with Gasteiger partial charge < -0.3 is 30.4 Å². The first-order valence-corrected chi connectivity index (χ1v) is 22.7. The number of phenols is 1. The molecule has 0 saturated carbocycles. The zero-order chi connectivity index (χ0) is 43.8. The molecule has 6 fully saturated rings. The lowest BCUT2D eigenvalue weighted by Gasteiger charge is -2.43. The van der Waals surface area contributed by atoms with Crippen LogP contribution in [0.1, 0.15) is 64.8 Å². The minimum absolute atomic E-state index is 0.0242. The second kappa shape index (κ2) is 15.9. The Morgan fingerprint density at radius 2 is 1.45 bits per heavy atom. The number of piperidine rings is 2. The first kappa shape index (κ1) is 40.2. The third-order valence-corrected chi connectivity index (χ3v) is 14.9. The number of rotatable bonds is 8. The Balaban J connectivity index is 0.667. The lowest BCUT2D eigenvalue weighted by molar-refractivity contribution is -0.137. The van der Waals surface area contributed by atoms with Crippen molar-refractivity contribution in [2.24, 2.45) is 17.8 Å². The van der Waals surface area contributed by atoms with Gasteiger partial charge in [-0.15, -0.1) is 10.2 Å². The van der Waals surface area contributed by atoms with Crippen LogP contribution in [-0.4, -0.2) is 130 Å². The molecule has 330 valence electrons. The number of hydrogen-bond acceptors (Lipinski definition) is 13. The molecule has 0 spiro atoms. The van der Waals surface area contributed by atoms with Crippen molar-refractivity contribution in [3.05, 3.63) is 89.5 Å². The van der Waals surface area contributed by atoms with Crippen LogP contribution in [0.15, 0.2) is 72.8 Å². The van der Waals surface area contributed by atoms with Crippen molar-refractivity contribution in [3.63, 3.8) is 0 Å². The molecule has 16 heteroatoms. The number of anilines is 4. The number of nitrogens with zero attached hydrogens (tertiary/aromatic N) is 8. The molecule has 11 rings (SSSR count). The average Bonchev–Trinajstić information content (AvgIpc) is 4.02. The summed E-state index contributed by atoms with van der Waals surface area (Å²) in [7, 11) is 0. The number of nitrogens with one attached hydrogen (secondary N) is 1. The quantitative estimate of drug-likeness (QED) is 0.219. The summed E-state index contributed by atoms with van der Waals surface area (Å²) >= 11 is 0. The smallest absolute Gasteiger partial charge is 0.262 e. The minimum Gasteiger partial charge on any atom is -0.507 e. The Morgan fingerprint density at radius 1 is 0.719 bits per heavy atom. The molecule has 4 N–H and O–H groups in total. The number of carbonyl (C=O) groups is 5. The molecule has 0 radical (unpaired) electrons. The molecule has 7 aliphatic heterocycles. The minimum atomic E-state index is -0.991. The number of aromatic nitrogens is 2. The van der Waals surface area contributed by atoms with E-state index in [4.69, 9.17) is 5.73 Å². The highest BCUT2D eigenvalue weighted by molar-refractivity contribution is 6.23. The van der Waals surface area contributed by atoms with Crippen LogP contribution < -0.4 is 25.8 Å². The number of likely N-dealkylation sites (tertiary alicyclic amines) is 2. The molecular weight excluding hydrogens is 813 g/mol. The summed E-state index contributed by atoms with van der Waals surface area (Å²) in [4.78, 5) is 77.5. The van der Waals surface area contributed by atoms with Crippen molar-refractivity contribution in [1.82, 2.24) is 30.2 Å². The van der Waals surface area contributed by atoms with Gasteiger partial charge in [0.15, 0.2) is 5.82 Å². The summed E-state index contributed by atoms with van der Waals surface area (Å²) in [6.45, 7) is 7.22. The number of aromatic hydroxyl groups is 1. The van der Waals surface area contributed by atoms with Crippen molar-refractivity contribution in [2.45, 2.75) is 63.2 Å². The predicted octanol–water partition coefficient (Wildman–Crippen LogP) is 3.50. The molecular formula is C48H52N10O6. The van der Waals surface area contributed by atoms with E-state index in [0.29, 0.717) is 41.0 Å². The van der Waals surface area contributed by atoms with E-state index in [0.717, 1.165) is 101 Å². The van der Waals surface area contributed by atoms with E-state index in [-0.39, 0.29) is 41.5 Å². The Kier molecular flexibility index (Phi) is 10.0. The fraction of sp³-hybridized carbons (Fsp3) is 0.438. The number of imide groups is 2. The van der Waals surface area contributed by atoms with Gasteiger partial charge in [0.2, 0.25) is 17.7 Å². The van der Waals surface area contributed by atoms with Crippen molar-refractivity contribution >= 4 is 52.4 Å². The fourth-order valence-corrected chi connectivity index (χ4v) is 11.7. The van der Waals surface area contributed by atoms with Crippen LogP contribution in [-0.2, 0) is 20.9 Å². The highest BCUT2D eigenvalue weighted by atomic mass is 16.3. The van der Waals surface area contributed by atoms with Gasteiger partial charge in [0.25, 0.3) is 11.8 Å². The summed E-state index contributed by atoms with van der Waals surface area (Å²) in [5.74, 6) is -0.515. The third kappa shape index (κ3) is 7.07. The normalized spacial score (nSPS) is 25.9. The molecule has 2 bridgehead atoms. The zero-order valence-corrected chi connectivity index (χ0v) is 35.6. The SMILES string of the molecule is Nc1nnc(-c2ccccc2O)cc1N1CC2CCC(C1)N2c1cccc(CN2CCC(C(=O)N3C[C@@H]4CN(c5ccc6c(c5)C(=O)N(C5CCC(=O)NC5=O)C6=O)C[C@@H]4C3)CC2)c1. The summed E-state index contributed by atoms with van der Waals surface area (Å²) in [5.41, 5.74) is 12.4. The van der Waals surface area contributed by atoms with Crippen LogP contribution in [0.3, 0.4) is 0 Å². The largest absolute Gasteiger partial charge is 0.507 e. The maximum atomic E-state index is 13.9. The standard InChI is InChI=1S/C48H52N10O6/c49-44-41(20-39(51-52-44)37-6-1-2-7-42(37)59)55-26-34-8-9-35(27-55)57(34)33-5-3-4-28(18-33)21-53-16-14-29(15-17-53)46(62)56-24-30-22-54(23-31(30)25-56)32-10-11-36-38(19-32)48(64)58(47(36)63)40-12-13-43(60)50-45(40)61/h1-7,10-11,18-20,29-31,34-35,40,59H,8-9,12-17,21-27H2,(H2,49,52)(H,50,60,61)/t30-,31+,34?,35?,40?. The second-order valence-electron chi connectivity index (χ2n) is 18.8. The second-order valence-corrected chi connectivity index (χ2v) is 18.8. The van der Waals surface area contributed by atoms with Crippen molar-refractivity contribution in [3.8, 4) is 17.0 Å². The number of nitrogen functional groups attached to an aromatic ring is 1. The number of fused-ring (bicyclic) bond motifs is 4. The first-order chi connectivity index (χ1) is 31.1. The number of amides is 5. The Bertz CT molecular complexity index is 2550. The van der Waals surface area contributed by atoms with E-state index in [1.165, 1.54) is 11.3 Å². The van der Waals surface area contributed by atoms with Crippen LogP contribution >= 0.6 is 0 Å². The lowest BCUT2D eigenvalue weighted by Crippen LogP contribution is -2.54. The topological polar surface area (TPSA) is 189 Å². The van der Waals surface area contributed by atoms with Crippen LogP contribution in [0.25, 0.3) is 11.3 Å².